The van der Waals surface area contributed by atoms with Crippen LogP contribution in [0.2, 0.25) is 0 Å². The molecule has 0 spiro atoms. The van der Waals surface area contributed by atoms with Gasteiger partial charge in [-0.15, -0.1) is 0 Å². The van der Waals surface area contributed by atoms with Gasteiger partial charge in [-0.2, -0.15) is 0 Å². The molecule has 0 aromatic rings. The van der Waals surface area contributed by atoms with Crippen molar-refractivity contribution in [2.24, 2.45) is 11.8 Å². The Hall–Kier alpha value is -1.52. The van der Waals surface area contributed by atoms with Gasteiger partial charge in [-0.05, 0) is 38.5 Å². The van der Waals surface area contributed by atoms with Crippen LogP contribution < -0.4 is 5.32 Å². The standard InChI is InChI=1S/C16H30N2O3/c1-6-18(11-12(2)3)16(21)17-10-9-14(13(4)5)7-8-15(19)20/h13-14H,2,6-11H2,1,3-5H3,(H,17,21)(H,19,20). The van der Waals surface area contributed by atoms with Gasteiger partial charge in [0.2, 0.25) is 0 Å². The average molecular weight is 298 g/mol. The summed E-state index contributed by atoms with van der Waals surface area (Å²) in [6.07, 6.45) is 1.65. The number of carboxylic acids is 1. The van der Waals surface area contributed by atoms with Crippen LogP contribution in [0.1, 0.15) is 47.0 Å². The fourth-order valence-electron chi connectivity index (χ4n) is 2.25. The number of carbonyl (C=O) groups is 2. The molecule has 5 nitrogen and oxygen atoms in total. The zero-order valence-corrected chi connectivity index (χ0v) is 13.8. The van der Waals surface area contributed by atoms with Crippen molar-refractivity contribution in [3.63, 3.8) is 0 Å². The molecule has 0 heterocycles. The number of amides is 2. The minimum Gasteiger partial charge on any atom is -0.481 e. The first-order valence-corrected chi connectivity index (χ1v) is 7.66. The maximum Gasteiger partial charge on any atom is 0.317 e. The molecule has 1 unspecified atom stereocenters. The number of carbonyl (C=O) groups excluding carboxylic acids is 1. The van der Waals surface area contributed by atoms with Gasteiger partial charge < -0.3 is 15.3 Å². The van der Waals surface area contributed by atoms with Crippen LogP contribution in [0.3, 0.4) is 0 Å². The first-order chi connectivity index (χ1) is 9.77. The lowest BCUT2D eigenvalue weighted by Crippen LogP contribution is -2.41. The summed E-state index contributed by atoms with van der Waals surface area (Å²) in [6.45, 7) is 13.6. The van der Waals surface area contributed by atoms with Crippen LogP contribution in [0.25, 0.3) is 0 Å². The number of likely N-dealkylation sites (N-methyl/N-ethyl adjacent to an activating group) is 1. The maximum atomic E-state index is 12.0. The quantitative estimate of drug-likeness (QED) is 0.609. The number of hydrogen-bond donors (Lipinski definition) is 2. The van der Waals surface area contributed by atoms with Gasteiger partial charge >= 0.3 is 12.0 Å². The molecule has 0 aliphatic rings. The van der Waals surface area contributed by atoms with Crippen LogP contribution in [0, 0.1) is 11.8 Å². The highest BCUT2D eigenvalue weighted by molar-refractivity contribution is 5.74. The zero-order valence-electron chi connectivity index (χ0n) is 13.8. The van der Waals surface area contributed by atoms with E-state index in [1.54, 1.807) is 4.90 Å². The van der Waals surface area contributed by atoms with E-state index in [0.29, 0.717) is 37.9 Å². The number of rotatable bonds is 10. The smallest absolute Gasteiger partial charge is 0.317 e. The predicted octanol–water partition coefficient (Wildman–Crippen LogP) is 3.12. The van der Waals surface area contributed by atoms with E-state index < -0.39 is 5.97 Å². The Balaban J connectivity index is 4.20. The monoisotopic (exact) mass is 298 g/mol. The molecule has 1 atom stereocenters. The molecule has 0 aromatic carbocycles. The summed E-state index contributed by atoms with van der Waals surface area (Å²) in [5.41, 5.74) is 0.952. The fraction of sp³-hybridized carbons (Fsp3) is 0.750. The molecular weight excluding hydrogens is 268 g/mol. The van der Waals surface area contributed by atoms with E-state index in [2.05, 4.69) is 25.7 Å². The summed E-state index contributed by atoms with van der Waals surface area (Å²) in [5, 5.41) is 11.7. The predicted molar refractivity (Wildman–Crippen MR) is 85.3 cm³/mol. The van der Waals surface area contributed by atoms with Gasteiger partial charge in [-0.3, -0.25) is 4.79 Å². The van der Waals surface area contributed by atoms with Crippen molar-refractivity contribution >= 4 is 12.0 Å². The van der Waals surface area contributed by atoms with Crippen molar-refractivity contribution in [2.75, 3.05) is 19.6 Å². The summed E-state index contributed by atoms with van der Waals surface area (Å²) < 4.78 is 0. The third kappa shape index (κ3) is 9.10. The molecule has 0 aliphatic heterocycles. The van der Waals surface area contributed by atoms with Gasteiger partial charge in [-0.25, -0.2) is 4.79 Å². The number of nitrogens with one attached hydrogen (secondary N) is 1. The topological polar surface area (TPSA) is 69.6 Å². The van der Waals surface area contributed by atoms with Gasteiger partial charge in [0.15, 0.2) is 0 Å². The van der Waals surface area contributed by atoms with Crippen molar-refractivity contribution in [2.45, 2.75) is 47.0 Å². The van der Waals surface area contributed by atoms with E-state index in [-0.39, 0.29) is 12.5 Å². The molecule has 2 amide bonds. The van der Waals surface area contributed by atoms with Gasteiger partial charge in [0.1, 0.15) is 0 Å². The minimum atomic E-state index is -0.761. The van der Waals surface area contributed by atoms with E-state index in [9.17, 15) is 9.59 Å². The first-order valence-electron chi connectivity index (χ1n) is 7.66. The second kappa shape index (κ2) is 10.2. The van der Waals surface area contributed by atoms with Gasteiger partial charge in [0.05, 0.1) is 0 Å². The van der Waals surface area contributed by atoms with Crippen LogP contribution in [0.4, 0.5) is 4.79 Å². The summed E-state index contributed by atoms with van der Waals surface area (Å²) in [6, 6.07) is -0.0822. The van der Waals surface area contributed by atoms with Gasteiger partial charge in [-0.1, -0.05) is 26.0 Å². The molecule has 21 heavy (non-hydrogen) atoms. The molecule has 0 fully saturated rings. The minimum absolute atomic E-state index is 0.0822. The van der Waals surface area contributed by atoms with E-state index >= 15 is 0 Å². The molecular formula is C16H30N2O3. The third-order valence-electron chi connectivity index (χ3n) is 3.59. The van der Waals surface area contributed by atoms with Crippen LogP contribution in [-0.4, -0.2) is 41.6 Å². The van der Waals surface area contributed by atoms with Gasteiger partial charge in [0, 0.05) is 26.1 Å². The molecule has 0 aliphatic carbocycles. The summed E-state index contributed by atoms with van der Waals surface area (Å²) in [4.78, 5) is 24.4. The first kappa shape index (κ1) is 19.5. The zero-order chi connectivity index (χ0) is 16.4. The SMILES string of the molecule is C=C(C)CN(CC)C(=O)NCCC(CCC(=O)O)C(C)C. The number of carboxylic acid groups (broad SMARTS) is 1. The number of aliphatic carboxylic acids is 1. The Kier molecular flexibility index (Phi) is 9.50. The Morgan fingerprint density at radius 2 is 1.90 bits per heavy atom. The fourth-order valence-corrected chi connectivity index (χ4v) is 2.25. The van der Waals surface area contributed by atoms with Crippen molar-refractivity contribution in [3.8, 4) is 0 Å². The highest BCUT2D eigenvalue weighted by Gasteiger charge is 2.16. The molecule has 0 saturated carbocycles. The molecule has 0 rings (SSSR count). The number of nitrogens with zero attached hydrogens (tertiary/aromatic N) is 1. The molecule has 122 valence electrons. The maximum absolute atomic E-state index is 12.0. The molecule has 5 heteroatoms. The Morgan fingerprint density at radius 1 is 1.29 bits per heavy atom. The highest BCUT2D eigenvalue weighted by Crippen LogP contribution is 2.20. The van der Waals surface area contributed by atoms with Crippen LogP contribution >= 0.6 is 0 Å². The Morgan fingerprint density at radius 3 is 2.33 bits per heavy atom. The molecule has 0 saturated heterocycles. The Labute approximate surface area is 128 Å². The van der Waals surface area contributed by atoms with Crippen LogP contribution in [-0.2, 0) is 4.79 Å². The van der Waals surface area contributed by atoms with Crippen LogP contribution in [0.5, 0.6) is 0 Å². The van der Waals surface area contributed by atoms with E-state index in [4.69, 9.17) is 5.11 Å². The lowest BCUT2D eigenvalue weighted by Gasteiger charge is -2.24. The summed E-state index contributed by atoms with van der Waals surface area (Å²) in [5.74, 6) is -0.0279. The van der Waals surface area contributed by atoms with Crippen molar-refractivity contribution in [3.05, 3.63) is 12.2 Å². The second-order valence-electron chi connectivity index (χ2n) is 5.93. The van der Waals surface area contributed by atoms with E-state index in [0.717, 1.165) is 12.0 Å². The van der Waals surface area contributed by atoms with E-state index in [1.807, 2.05) is 13.8 Å². The normalized spacial score (nSPS) is 12.0. The lowest BCUT2D eigenvalue weighted by atomic mass is 9.88. The lowest BCUT2D eigenvalue weighted by molar-refractivity contribution is -0.137. The molecule has 0 aromatic heterocycles. The van der Waals surface area contributed by atoms with Crippen molar-refractivity contribution in [1.82, 2.24) is 10.2 Å². The number of urea groups is 1. The average Bonchev–Trinajstić information content (AvgIpc) is 2.38. The molecule has 0 radical (unpaired) electrons. The van der Waals surface area contributed by atoms with Crippen LogP contribution in [0.15, 0.2) is 12.2 Å². The molecule has 0 bridgehead atoms. The van der Waals surface area contributed by atoms with Crippen molar-refractivity contribution < 1.29 is 14.7 Å². The third-order valence-corrected chi connectivity index (χ3v) is 3.59. The largest absolute Gasteiger partial charge is 0.481 e. The van der Waals surface area contributed by atoms with Gasteiger partial charge in [0.25, 0.3) is 0 Å². The van der Waals surface area contributed by atoms with Crippen molar-refractivity contribution in [1.29, 1.82) is 0 Å². The number of hydrogen-bond acceptors (Lipinski definition) is 2. The van der Waals surface area contributed by atoms with E-state index in [1.165, 1.54) is 0 Å². The second-order valence-corrected chi connectivity index (χ2v) is 5.93. The summed E-state index contributed by atoms with van der Waals surface area (Å²) in [7, 11) is 0. The Bertz CT molecular complexity index is 353. The highest BCUT2D eigenvalue weighted by atomic mass is 16.4. The molecule has 2 N–H and O–H groups in total. The summed E-state index contributed by atoms with van der Waals surface area (Å²) >= 11 is 0.